The summed E-state index contributed by atoms with van der Waals surface area (Å²) in [5.41, 5.74) is 1.45. The van der Waals surface area contributed by atoms with Crippen LogP contribution in [-0.2, 0) is 15.0 Å². The van der Waals surface area contributed by atoms with Crippen molar-refractivity contribution in [2.45, 2.75) is 18.6 Å². The molecule has 0 saturated carbocycles. The van der Waals surface area contributed by atoms with Gasteiger partial charge in [-0.3, -0.25) is 4.79 Å². The van der Waals surface area contributed by atoms with Crippen molar-refractivity contribution in [1.82, 2.24) is 0 Å². The third kappa shape index (κ3) is 2.56. The first kappa shape index (κ1) is 13.5. The Morgan fingerprint density at radius 1 is 1.44 bits per heavy atom. The normalized spacial score (nSPS) is 20.5. The molecule has 1 aliphatic heterocycles. The molecule has 4 nitrogen and oxygen atoms in total. The van der Waals surface area contributed by atoms with E-state index >= 15 is 0 Å². The van der Waals surface area contributed by atoms with Gasteiger partial charge in [0.2, 0.25) is 5.91 Å². The van der Waals surface area contributed by atoms with Crippen molar-refractivity contribution in [1.29, 1.82) is 0 Å². The number of rotatable bonds is 2. The van der Waals surface area contributed by atoms with Gasteiger partial charge in [-0.2, -0.15) is 8.42 Å². The van der Waals surface area contributed by atoms with Gasteiger partial charge in [0.1, 0.15) is 5.25 Å². The summed E-state index contributed by atoms with van der Waals surface area (Å²) < 4.78 is 35.4. The summed E-state index contributed by atoms with van der Waals surface area (Å²) in [5.74, 6) is -0.373. The molecule has 1 atom stereocenters. The summed E-state index contributed by atoms with van der Waals surface area (Å²) in [7, 11) is -4.67. The quantitative estimate of drug-likeness (QED) is 0.778. The number of benzene rings is 1. The molecular formula is C11H11BrFNO3S. The number of hydrogen-bond donors (Lipinski definition) is 0. The monoisotopic (exact) mass is 335 g/mol. The van der Waals surface area contributed by atoms with Crippen LogP contribution in [0.2, 0.25) is 0 Å². The second kappa shape index (κ2) is 4.62. The van der Waals surface area contributed by atoms with E-state index in [-0.39, 0.29) is 18.9 Å². The highest BCUT2D eigenvalue weighted by molar-refractivity contribution is 9.10. The van der Waals surface area contributed by atoms with E-state index in [1.165, 1.54) is 4.90 Å². The van der Waals surface area contributed by atoms with Gasteiger partial charge >= 0.3 is 10.2 Å². The van der Waals surface area contributed by atoms with E-state index in [4.69, 9.17) is 0 Å². The van der Waals surface area contributed by atoms with Gasteiger partial charge in [-0.1, -0.05) is 22.0 Å². The Morgan fingerprint density at radius 3 is 2.67 bits per heavy atom. The third-order valence-electron chi connectivity index (χ3n) is 2.95. The van der Waals surface area contributed by atoms with Gasteiger partial charge in [0.15, 0.2) is 0 Å². The number of carbonyl (C=O) groups excluding carboxylic acids is 1. The van der Waals surface area contributed by atoms with Gasteiger partial charge in [0.25, 0.3) is 0 Å². The maximum absolute atomic E-state index is 12.9. The van der Waals surface area contributed by atoms with Crippen molar-refractivity contribution in [3.8, 4) is 0 Å². The Balaban J connectivity index is 2.35. The standard InChI is InChI=1S/C11H11BrFNO3S/c1-7-2-3-8(12)4-10(7)14-6-9(5-11(14)15)18(13,16)17/h2-4,9H,5-6H2,1H3. The molecule has 0 aliphatic carbocycles. The van der Waals surface area contributed by atoms with Crippen molar-refractivity contribution >= 4 is 37.7 Å². The lowest BCUT2D eigenvalue weighted by Crippen LogP contribution is -2.27. The van der Waals surface area contributed by atoms with Gasteiger partial charge in [-0.25, -0.2) is 0 Å². The van der Waals surface area contributed by atoms with E-state index in [0.717, 1.165) is 10.0 Å². The summed E-state index contributed by atoms with van der Waals surface area (Å²) in [4.78, 5) is 13.1. The molecule has 1 fully saturated rings. The molecule has 0 aromatic heterocycles. The van der Waals surface area contributed by atoms with Gasteiger partial charge in [-0.05, 0) is 24.6 Å². The number of anilines is 1. The molecule has 1 aromatic carbocycles. The van der Waals surface area contributed by atoms with Crippen LogP contribution >= 0.6 is 15.9 Å². The van der Waals surface area contributed by atoms with Crippen LogP contribution in [0.4, 0.5) is 9.57 Å². The maximum Gasteiger partial charge on any atom is 0.307 e. The fourth-order valence-corrected chi connectivity index (χ4v) is 2.99. The van der Waals surface area contributed by atoms with Crippen LogP contribution in [0.15, 0.2) is 22.7 Å². The molecule has 1 unspecified atom stereocenters. The Labute approximate surface area is 113 Å². The molecule has 1 saturated heterocycles. The summed E-state index contributed by atoms with van der Waals surface area (Å²) in [5, 5.41) is -1.26. The first-order valence-corrected chi connectivity index (χ1v) is 7.53. The zero-order valence-corrected chi connectivity index (χ0v) is 12.0. The molecule has 0 spiro atoms. The minimum absolute atomic E-state index is 0.130. The highest BCUT2D eigenvalue weighted by Gasteiger charge is 2.39. The lowest BCUT2D eigenvalue weighted by atomic mass is 10.2. The largest absolute Gasteiger partial charge is 0.311 e. The molecule has 7 heteroatoms. The number of nitrogens with zero attached hydrogens (tertiary/aromatic N) is 1. The average molecular weight is 336 g/mol. The van der Waals surface area contributed by atoms with E-state index in [9.17, 15) is 17.1 Å². The number of carbonyl (C=O) groups is 1. The molecule has 1 amide bonds. The summed E-state index contributed by atoms with van der Waals surface area (Å²) >= 11 is 3.29. The molecule has 0 bridgehead atoms. The Hall–Kier alpha value is -0.950. The first-order valence-electron chi connectivity index (χ1n) is 5.29. The zero-order chi connectivity index (χ0) is 13.5. The lowest BCUT2D eigenvalue weighted by Gasteiger charge is -2.18. The van der Waals surface area contributed by atoms with E-state index in [2.05, 4.69) is 15.9 Å². The van der Waals surface area contributed by atoms with Gasteiger partial charge in [-0.15, -0.1) is 3.89 Å². The molecule has 98 valence electrons. The number of amides is 1. The van der Waals surface area contributed by atoms with E-state index < -0.39 is 15.5 Å². The van der Waals surface area contributed by atoms with Gasteiger partial charge < -0.3 is 4.90 Å². The van der Waals surface area contributed by atoms with Crippen LogP contribution in [-0.4, -0.2) is 26.1 Å². The summed E-state index contributed by atoms with van der Waals surface area (Å²) in [6.45, 7) is 1.68. The maximum atomic E-state index is 12.9. The minimum Gasteiger partial charge on any atom is -0.311 e. The van der Waals surface area contributed by atoms with Crippen LogP contribution in [0.1, 0.15) is 12.0 Å². The topological polar surface area (TPSA) is 54.5 Å². The molecule has 0 radical (unpaired) electrons. The summed E-state index contributed by atoms with van der Waals surface area (Å²) in [6.07, 6.45) is -0.301. The Morgan fingerprint density at radius 2 is 2.11 bits per heavy atom. The van der Waals surface area contributed by atoms with Crippen molar-refractivity contribution in [2.75, 3.05) is 11.4 Å². The fraction of sp³-hybridized carbons (Fsp3) is 0.364. The summed E-state index contributed by atoms with van der Waals surface area (Å²) in [6, 6.07) is 5.35. The number of aryl methyl sites for hydroxylation is 1. The predicted molar refractivity (Wildman–Crippen MR) is 69.7 cm³/mol. The smallest absolute Gasteiger partial charge is 0.307 e. The Kier molecular flexibility index (Phi) is 3.46. The second-order valence-electron chi connectivity index (χ2n) is 4.24. The minimum atomic E-state index is -4.67. The van der Waals surface area contributed by atoms with Crippen LogP contribution < -0.4 is 4.90 Å². The highest BCUT2D eigenvalue weighted by atomic mass is 79.9. The van der Waals surface area contributed by atoms with E-state index in [1.807, 2.05) is 19.1 Å². The molecule has 1 aliphatic rings. The molecule has 1 heterocycles. The molecular weight excluding hydrogens is 325 g/mol. The van der Waals surface area contributed by atoms with Crippen LogP contribution in [0.3, 0.4) is 0 Å². The first-order chi connectivity index (χ1) is 8.29. The molecule has 2 rings (SSSR count). The average Bonchev–Trinajstić information content (AvgIpc) is 2.64. The highest BCUT2D eigenvalue weighted by Crippen LogP contribution is 2.30. The second-order valence-corrected chi connectivity index (χ2v) is 6.77. The van der Waals surface area contributed by atoms with Crippen LogP contribution in [0.5, 0.6) is 0 Å². The molecule has 18 heavy (non-hydrogen) atoms. The molecule has 0 N–H and O–H groups in total. The number of halogens is 2. The van der Waals surface area contributed by atoms with Gasteiger partial charge in [0.05, 0.1) is 0 Å². The van der Waals surface area contributed by atoms with E-state index in [1.54, 1.807) is 6.07 Å². The number of hydrogen-bond acceptors (Lipinski definition) is 3. The van der Waals surface area contributed by atoms with Gasteiger partial charge in [0, 0.05) is 23.1 Å². The van der Waals surface area contributed by atoms with Crippen molar-refractivity contribution in [2.24, 2.45) is 0 Å². The predicted octanol–water partition coefficient (Wildman–Crippen LogP) is 2.16. The van der Waals surface area contributed by atoms with Crippen LogP contribution in [0.25, 0.3) is 0 Å². The zero-order valence-electron chi connectivity index (χ0n) is 9.56. The lowest BCUT2D eigenvalue weighted by molar-refractivity contribution is -0.117. The fourth-order valence-electron chi connectivity index (χ4n) is 1.97. The Bertz CT molecular complexity index is 602. The van der Waals surface area contributed by atoms with Crippen molar-refractivity contribution < 1.29 is 17.1 Å². The molecule has 1 aromatic rings. The SMILES string of the molecule is Cc1ccc(Br)cc1N1CC(S(=O)(=O)F)CC1=O. The van der Waals surface area contributed by atoms with Crippen molar-refractivity contribution in [3.63, 3.8) is 0 Å². The van der Waals surface area contributed by atoms with Crippen molar-refractivity contribution in [3.05, 3.63) is 28.2 Å². The third-order valence-corrected chi connectivity index (χ3v) is 4.55. The van der Waals surface area contributed by atoms with Crippen LogP contribution in [0, 0.1) is 6.92 Å². The van der Waals surface area contributed by atoms with E-state index in [0.29, 0.717) is 5.69 Å².